The van der Waals surface area contributed by atoms with Crippen LogP contribution in [0.3, 0.4) is 0 Å². The molecule has 2 aromatic rings. The van der Waals surface area contributed by atoms with E-state index in [0.717, 1.165) is 6.42 Å². The number of ether oxygens (including phenoxy) is 3. The Kier molecular flexibility index (Phi) is 8.20. The average molecular weight is 396 g/mol. The second kappa shape index (κ2) is 11.1. The van der Waals surface area contributed by atoms with Crippen LogP contribution in [0.2, 0.25) is 0 Å². The molecule has 0 heterocycles. The number of hydrogen-bond acceptors (Lipinski definition) is 7. The molecule has 0 aromatic heterocycles. The molecule has 150 valence electrons. The number of rotatable bonds is 9. The highest BCUT2D eigenvalue weighted by Crippen LogP contribution is 2.12. The first-order valence-electron chi connectivity index (χ1n) is 8.87. The lowest BCUT2D eigenvalue weighted by Crippen LogP contribution is -2.23. The van der Waals surface area contributed by atoms with E-state index in [1.165, 1.54) is 12.1 Å². The molecule has 0 bridgehead atoms. The van der Waals surface area contributed by atoms with E-state index in [9.17, 15) is 14.4 Å². The van der Waals surface area contributed by atoms with Gasteiger partial charge < -0.3 is 19.5 Å². The van der Waals surface area contributed by atoms with E-state index < -0.39 is 24.5 Å². The number of nitrogens with one attached hydrogen (secondary N) is 1. The first kappa shape index (κ1) is 21.4. The van der Waals surface area contributed by atoms with Gasteiger partial charge in [-0.3, -0.25) is 4.79 Å². The molecule has 8 heteroatoms. The Morgan fingerprint density at radius 1 is 0.966 bits per heavy atom. The van der Waals surface area contributed by atoms with Gasteiger partial charge in [0.05, 0.1) is 23.8 Å². The number of esters is 2. The second-order valence-electron chi connectivity index (χ2n) is 5.85. The fraction of sp³-hybridized carbons (Fsp3) is 0.238. The number of carbonyl (C=O) groups is 3. The van der Waals surface area contributed by atoms with E-state index in [0.29, 0.717) is 29.2 Å². The monoisotopic (exact) mass is 396 g/mol. The summed E-state index contributed by atoms with van der Waals surface area (Å²) in [6.45, 7) is 1.40. The number of hydrogen-bond donors (Lipinski definition) is 1. The second-order valence-corrected chi connectivity index (χ2v) is 5.85. The van der Waals surface area contributed by atoms with Crippen LogP contribution >= 0.6 is 0 Å². The van der Waals surface area contributed by atoms with Crippen LogP contribution in [-0.4, -0.2) is 37.7 Å². The molecule has 0 saturated heterocycles. The molecule has 29 heavy (non-hydrogen) atoms. The van der Waals surface area contributed by atoms with Gasteiger partial charge in [-0.15, -0.1) is 0 Å². The van der Waals surface area contributed by atoms with Gasteiger partial charge in [0.2, 0.25) is 0 Å². The van der Waals surface area contributed by atoms with Crippen molar-refractivity contribution < 1.29 is 28.6 Å². The molecule has 0 aliphatic carbocycles. The minimum absolute atomic E-state index is 0.345. The minimum atomic E-state index is -0.710. The third kappa shape index (κ3) is 7.34. The lowest BCUT2D eigenvalue weighted by molar-refractivity contribution is -0.149. The van der Waals surface area contributed by atoms with Crippen molar-refractivity contribution in [1.82, 2.24) is 0 Å². The summed E-state index contributed by atoms with van der Waals surface area (Å²) in [5.74, 6) is -1.26. The quantitative estimate of drug-likeness (QED) is 0.648. The molecule has 1 amide bonds. The Labute approximate surface area is 168 Å². The standard InChI is InChI=1S/C21H20N2O6/c1-2-11-27-21(26)16-5-7-17(8-6-16)23-19(24)13-29-20(25)14-28-18-9-3-15(12-22)4-10-18/h3-10H,2,11,13-14H2,1H3,(H,23,24). The van der Waals surface area contributed by atoms with Crippen molar-refractivity contribution in [2.75, 3.05) is 25.1 Å². The fourth-order valence-electron chi connectivity index (χ4n) is 2.12. The number of nitrogens with zero attached hydrogens (tertiary/aromatic N) is 1. The Morgan fingerprint density at radius 2 is 1.66 bits per heavy atom. The largest absolute Gasteiger partial charge is 0.482 e. The van der Waals surface area contributed by atoms with Crippen LogP contribution in [-0.2, 0) is 19.1 Å². The van der Waals surface area contributed by atoms with Crippen LogP contribution in [0.15, 0.2) is 48.5 Å². The lowest BCUT2D eigenvalue weighted by Gasteiger charge is -2.08. The normalized spacial score (nSPS) is 9.79. The Morgan fingerprint density at radius 3 is 2.28 bits per heavy atom. The predicted molar refractivity (Wildman–Crippen MR) is 103 cm³/mol. The number of carbonyl (C=O) groups excluding carboxylic acids is 3. The minimum Gasteiger partial charge on any atom is -0.482 e. The van der Waals surface area contributed by atoms with Crippen molar-refractivity contribution >= 4 is 23.5 Å². The maximum Gasteiger partial charge on any atom is 0.344 e. The van der Waals surface area contributed by atoms with E-state index in [1.807, 2.05) is 13.0 Å². The predicted octanol–water partition coefficient (Wildman–Crippen LogP) is 2.69. The van der Waals surface area contributed by atoms with Crippen LogP contribution in [0.1, 0.15) is 29.3 Å². The van der Waals surface area contributed by atoms with Crippen LogP contribution in [0, 0.1) is 11.3 Å². The van der Waals surface area contributed by atoms with Crippen LogP contribution in [0.25, 0.3) is 0 Å². The molecule has 0 spiro atoms. The summed E-state index contributed by atoms with van der Waals surface area (Å²) in [6, 6.07) is 14.4. The van der Waals surface area contributed by atoms with Gasteiger partial charge in [-0.1, -0.05) is 6.92 Å². The maximum atomic E-state index is 11.9. The van der Waals surface area contributed by atoms with Crippen molar-refractivity contribution in [2.24, 2.45) is 0 Å². The van der Waals surface area contributed by atoms with Crippen molar-refractivity contribution in [1.29, 1.82) is 5.26 Å². The van der Waals surface area contributed by atoms with Crippen LogP contribution < -0.4 is 10.1 Å². The molecule has 0 atom stereocenters. The summed E-state index contributed by atoms with van der Waals surface area (Å²) < 4.78 is 15.1. The van der Waals surface area contributed by atoms with E-state index in [4.69, 9.17) is 19.5 Å². The third-order valence-electron chi connectivity index (χ3n) is 3.55. The zero-order chi connectivity index (χ0) is 21.1. The van der Waals surface area contributed by atoms with Gasteiger partial charge in [0.1, 0.15) is 5.75 Å². The summed E-state index contributed by atoms with van der Waals surface area (Å²) in [4.78, 5) is 35.3. The smallest absolute Gasteiger partial charge is 0.344 e. The van der Waals surface area contributed by atoms with E-state index in [2.05, 4.69) is 5.32 Å². The zero-order valence-corrected chi connectivity index (χ0v) is 15.8. The van der Waals surface area contributed by atoms with Crippen molar-refractivity contribution in [2.45, 2.75) is 13.3 Å². The lowest BCUT2D eigenvalue weighted by atomic mass is 10.2. The molecular formula is C21H20N2O6. The highest BCUT2D eigenvalue weighted by atomic mass is 16.6. The van der Waals surface area contributed by atoms with Crippen LogP contribution in [0.5, 0.6) is 5.75 Å². The Bertz CT molecular complexity index is 885. The third-order valence-corrected chi connectivity index (χ3v) is 3.55. The first-order chi connectivity index (χ1) is 14.0. The van der Waals surface area contributed by atoms with Gasteiger partial charge in [-0.05, 0) is 55.0 Å². The van der Waals surface area contributed by atoms with Gasteiger partial charge in [-0.2, -0.15) is 5.26 Å². The summed E-state index contributed by atoms with van der Waals surface area (Å²) >= 11 is 0. The summed E-state index contributed by atoms with van der Waals surface area (Å²) in [6.07, 6.45) is 0.733. The number of benzene rings is 2. The molecule has 2 rings (SSSR count). The van der Waals surface area contributed by atoms with Crippen molar-refractivity contribution in [3.63, 3.8) is 0 Å². The fourth-order valence-corrected chi connectivity index (χ4v) is 2.12. The molecule has 1 N–H and O–H groups in total. The Hall–Kier alpha value is -3.86. The van der Waals surface area contributed by atoms with Gasteiger partial charge in [0.25, 0.3) is 5.91 Å². The van der Waals surface area contributed by atoms with E-state index >= 15 is 0 Å². The van der Waals surface area contributed by atoms with Crippen LogP contribution in [0.4, 0.5) is 5.69 Å². The van der Waals surface area contributed by atoms with Crippen molar-refractivity contribution in [3.8, 4) is 11.8 Å². The summed E-state index contributed by atoms with van der Waals surface area (Å²) in [5.41, 5.74) is 1.30. The number of nitriles is 1. The van der Waals surface area contributed by atoms with Gasteiger partial charge in [0, 0.05) is 5.69 Å². The molecule has 2 aromatic carbocycles. The first-order valence-corrected chi connectivity index (χ1v) is 8.87. The molecule has 8 nitrogen and oxygen atoms in total. The number of amides is 1. The molecule has 0 fully saturated rings. The molecule has 0 saturated carbocycles. The maximum absolute atomic E-state index is 11.9. The topological polar surface area (TPSA) is 115 Å². The van der Waals surface area contributed by atoms with E-state index in [1.54, 1.807) is 36.4 Å². The average Bonchev–Trinajstić information content (AvgIpc) is 2.75. The summed E-state index contributed by atoms with van der Waals surface area (Å²) in [7, 11) is 0. The summed E-state index contributed by atoms with van der Waals surface area (Å²) in [5, 5.41) is 11.3. The van der Waals surface area contributed by atoms with Gasteiger partial charge in [0.15, 0.2) is 13.2 Å². The SMILES string of the molecule is CCCOC(=O)c1ccc(NC(=O)COC(=O)COc2ccc(C#N)cc2)cc1. The molecule has 0 aliphatic rings. The highest BCUT2D eigenvalue weighted by molar-refractivity contribution is 5.94. The molecular weight excluding hydrogens is 376 g/mol. The molecule has 0 unspecified atom stereocenters. The molecule has 0 radical (unpaired) electrons. The zero-order valence-electron chi connectivity index (χ0n) is 15.8. The highest BCUT2D eigenvalue weighted by Gasteiger charge is 2.10. The van der Waals surface area contributed by atoms with Gasteiger partial charge >= 0.3 is 11.9 Å². The van der Waals surface area contributed by atoms with Crippen molar-refractivity contribution in [3.05, 3.63) is 59.7 Å². The molecule has 0 aliphatic heterocycles. The van der Waals surface area contributed by atoms with Gasteiger partial charge in [-0.25, -0.2) is 9.59 Å². The Balaban J connectivity index is 1.72. The number of anilines is 1. The van der Waals surface area contributed by atoms with E-state index in [-0.39, 0.29) is 6.61 Å².